The molecule has 0 radical (unpaired) electrons. The van der Waals surface area contributed by atoms with Gasteiger partial charge in [-0.1, -0.05) is 127 Å². The first-order chi connectivity index (χ1) is 26.2. The summed E-state index contributed by atoms with van der Waals surface area (Å²) in [7, 11) is 0. The zero-order valence-corrected chi connectivity index (χ0v) is 29.5. The smallest absolute Gasteiger partial charge is 0.252 e. The normalized spacial score (nSPS) is 16.9. The highest BCUT2D eigenvalue weighted by atomic mass is 15.2. The van der Waals surface area contributed by atoms with Crippen LogP contribution in [0.4, 0.5) is 28.4 Å². The van der Waals surface area contributed by atoms with Gasteiger partial charge in [-0.05, 0) is 102 Å². The number of anilines is 5. The third-order valence-corrected chi connectivity index (χ3v) is 11.7. The molecule has 0 bridgehead atoms. The summed E-state index contributed by atoms with van der Waals surface area (Å²) in [6, 6.07) is 60.5. The Hall–Kier alpha value is -6.52. The molecule has 0 fully saturated rings. The van der Waals surface area contributed by atoms with Gasteiger partial charge in [0.25, 0.3) is 6.71 Å². The molecule has 1 unspecified atom stereocenters. The second kappa shape index (κ2) is 11.5. The first-order valence-electron chi connectivity index (χ1n) is 18.6. The molecule has 250 valence electrons. The van der Waals surface area contributed by atoms with Gasteiger partial charge in [0, 0.05) is 44.9 Å². The molecule has 0 amide bonds. The molecular weight excluding hydrogens is 641 g/mol. The van der Waals surface area contributed by atoms with Crippen molar-refractivity contribution in [1.82, 2.24) is 4.57 Å². The van der Waals surface area contributed by atoms with Crippen molar-refractivity contribution >= 4 is 73.3 Å². The highest BCUT2D eigenvalue weighted by molar-refractivity contribution is 7.00. The summed E-state index contributed by atoms with van der Waals surface area (Å²) in [5.41, 5.74) is 16.0. The Kier molecular flexibility index (Phi) is 6.54. The van der Waals surface area contributed by atoms with Crippen molar-refractivity contribution in [3.05, 3.63) is 188 Å². The number of para-hydroxylation sites is 5. The number of hydrogen-bond acceptors (Lipinski definition) is 2. The van der Waals surface area contributed by atoms with Crippen LogP contribution in [0.3, 0.4) is 0 Å². The SMILES string of the molecule is CC1(N2c3ccccc3B3c4ccccc4N(c4ccccc4)c4cc(-c5ccc(-n6c7ccccc7c7ccccc76)cc5)cc2c43)C=CC=CC1. The van der Waals surface area contributed by atoms with Crippen LogP contribution in [-0.2, 0) is 0 Å². The Balaban J connectivity index is 1.16. The van der Waals surface area contributed by atoms with Crippen LogP contribution in [-0.4, -0.2) is 16.8 Å². The largest absolute Gasteiger partial charge is 0.333 e. The van der Waals surface area contributed by atoms with Crippen molar-refractivity contribution in [2.45, 2.75) is 18.9 Å². The van der Waals surface area contributed by atoms with Crippen molar-refractivity contribution in [1.29, 1.82) is 0 Å². The van der Waals surface area contributed by atoms with Crippen LogP contribution in [0.25, 0.3) is 38.6 Å². The molecule has 53 heavy (non-hydrogen) atoms. The molecule has 2 aliphatic heterocycles. The van der Waals surface area contributed by atoms with E-state index < -0.39 is 0 Å². The first kappa shape index (κ1) is 30.1. The zero-order valence-electron chi connectivity index (χ0n) is 29.5. The minimum Gasteiger partial charge on any atom is -0.333 e. The van der Waals surface area contributed by atoms with Crippen molar-refractivity contribution in [3.8, 4) is 16.8 Å². The predicted octanol–water partition coefficient (Wildman–Crippen LogP) is 10.5. The fraction of sp³-hybridized carbons (Fsp3) is 0.0612. The van der Waals surface area contributed by atoms with Gasteiger partial charge in [0.2, 0.25) is 0 Å². The van der Waals surface area contributed by atoms with Crippen molar-refractivity contribution in [2.75, 3.05) is 9.80 Å². The van der Waals surface area contributed by atoms with Crippen LogP contribution in [0, 0.1) is 0 Å². The Labute approximate surface area is 310 Å². The second-order valence-corrected chi connectivity index (χ2v) is 14.8. The van der Waals surface area contributed by atoms with Gasteiger partial charge >= 0.3 is 0 Å². The predicted molar refractivity (Wildman–Crippen MR) is 225 cm³/mol. The van der Waals surface area contributed by atoms with Gasteiger partial charge in [-0.25, -0.2) is 0 Å². The molecule has 0 spiro atoms. The van der Waals surface area contributed by atoms with Gasteiger partial charge in [-0.15, -0.1) is 0 Å². The van der Waals surface area contributed by atoms with Crippen LogP contribution < -0.4 is 26.2 Å². The van der Waals surface area contributed by atoms with E-state index in [4.69, 9.17) is 0 Å². The molecule has 0 N–H and O–H groups in total. The summed E-state index contributed by atoms with van der Waals surface area (Å²) in [4.78, 5) is 5.12. The zero-order chi connectivity index (χ0) is 35.1. The van der Waals surface area contributed by atoms with Gasteiger partial charge in [0.05, 0.1) is 16.6 Å². The van der Waals surface area contributed by atoms with Crippen LogP contribution in [0.15, 0.2) is 188 Å². The average Bonchev–Trinajstić information content (AvgIpc) is 3.55. The molecule has 7 aromatic carbocycles. The third kappa shape index (κ3) is 4.42. The number of benzene rings is 7. The van der Waals surface area contributed by atoms with E-state index in [9.17, 15) is 0 Å². The molecule has 1 aromatic heterocycles. The Bertz CT molecular complexity index is 2740. The van der Waals surface area contributed by atoms with Crippen LogP contribution >= 0.6 is 0 Å². The summed E-state index contributed by atoms with van der Waals surface area (Å²) in [5, 5.41) is 2.55. The molecule has 0 saturated carbocycles. The lowest BCUT2D eigenvalue weighted by Crippen LogP contribution is -2.64. The molecule has 3 nitrogen and oxygen atoms in total. The first-order valence-corrected chi connectivity index (χ1v) is 18.6. The maximum atomic E-state index is 2.63. The lowest BCUT2D eigenvalue weighted by Gasteiger charge is -2.50. The van der Waals surface area contributed by atoms with Crippen molar-refractivity contribution in [3.63, 3.8) is 0 Å². The second-order valence-electron chi connectivity index (χ2n) is 14.8. The van der Waals surface area contributed by atoms with E-state index in [2.05, 4.69) is 209 Å². The summed E-state index contributed by atoms with van der Waals surface area (Å²) < 4.78 is 2.40. The average molecular weight is 678 g/mol. The number of aromatic nitrogens is 1. The summed E-state index contributed by atoms with van der Waals surface area (Å²) in [6.07, 6.45) is 10.0. The highest BCUT2D eigenvalue weighted by Crippen LogP contribution is 2.47. The van der Waals surface area contributed by atoms with Crippen molar-refractivity contribution < 1.29 is 0 Å². The summed E-state index contributed by atoms with van der Waals surface area (Å²) in [5.74, 6) is 0. The highest BCUT2D eigenvalue weighted by Gasteiger charge is 2.46. The molecule has 0 saturated heterocycles. The van der Waals surface area contributed by atoms with Crippen LogP contribution in [0.1, 0.15) is 13.3 Å². The van der Waals surface area contributed by atoms with Gasteiger partial charge in [-0.3, -0.25) is 0 Å². The monoisotopic (exact) mass is 677 g/mol. The van der Waals surface area contributed by atoms with E-state index in [0.29, 0.717) is 0 Å². The Morgan fingerprint density at radius 1 is 0.509 bits per heavy atom. The minimum absolute atomic E-state index is 0.113. The van der Waals surface area contributed by atoms with Gasteiger partial charge < -0.3 is 14.4 Å². The maximum absolute atomic E-state index is 2.63. The van der Waals surface area contributed by atoms with Gasteiger partial charge in [0.1, 0.15) is 0 Å². The van der Waals surface area contributed by atoms with E-state index in [1.165, 1.54) is 72.1 Å². The topological polar surface area (TPSA) is 11.4 Å². The lowest BCUT2D eigenvalue weighted by molar-refractivity contribution is 0.571. The molecule has 3 heterocycles. The number of nitrogens with zero attached hydrogens (tertiary/aromatic N) is 3. The lowest BCUT2D eigenvalue weighted by atomic mass is 9.33. The molecule has 8 aromatic rings. The van der Waals surface area contributed by atoms with Crippen LogP contribution in [0.5, 0.6) is 0 Å². The van der Waals surface area contributed by atoms with Gasteiger partial charge in [-0.2, -0.15) is 0 Å². The van der Waals surface area contributed by atoms with E-state index >= 15 is 0 Å². The number of hydrogen-bond donors (Lipinski definition) is 0. The number of rotatable bonds is 4. The Morgan fingerprint density at radius 3 is 1.81 bits per heavy atom. The molecule has 11 rings (SSSR count). The quantitative estimate of drug-likeness (QED) is 0.172. The number of allylic oxidation sites excluding steroid dienone is 2. The summed E-state index contributed by atoms with van der Waals surface area (Å²) in [6.45, 7) is 2.50. The van der Waals surface area contributed by atoms with E-state index in [0.717, 1.165) is 17.8 Å². The molecule has 4 heteroatoms. The maximum Gasteiger partial charge on any atom is 0.252 e. The van der Waals surface area contributed by atoms with Crippen molar-refractivity contribution in [2.24, 2.45) is 0 Å². The van der Waals surface area contributed by atoms with Gasteiger partial charge in [0.15, 0.2) is 0 Å². The molecule has 1 atom stereocenters. The van der Waals surface area contributed by atoms with Crippen LogP contribution in [0.2, 0.25) is 0 Å². The van der Waals surface area contributed by atoms with E-state index in [-0.39, 0.29) is 12.3 Å². The van der Waals surface area contributed by atoms with E-state index in [1.54, 1.807) is 0 Å². The Morgan fingerprint density at radius 2 is 1.11 bits per heavy atom. The molecule has 3 aliphatic rings. The molecular formula is C49H36BN3. The summed E-state index contributed by atoms with van der Waals surface area (Å²) >= 11 is 0. The molecule has 1 aliphatic carbocycles. The standard InChI is InChI=1S/C49H36BN3/c1-49(30-14-3-15-31-49)53-45-25-13-9-21-41(45)50-40-20-8-12-24-44(40)52(36-16-4-2-5-17-36)46-32-35(33-47(53)48(46)50)34-26-28-37(29-27-34)51-42-22-10-6-18-38(42)39-19-7-11-23-43(39)51/h2-30,32-33H,31H2,1H3. The fourth-order valence-corrected chi connectivity index (χ4v) is 9.36. The minimum atomic E-state index is -0.239. The number of fused-ring (bicyclic) bond motifs is 7. The van der Waals surface area contributed by atoms with E-state index in [1.807, 2.05) is 0 Å². The third-order valence-electron chi connectivity index (χ3n) is 11.7. The fourth-order valence-electron chi connectivity index (χ4n) is 9.36.